The topological polar surface area (TPSA) is 9.23 Å². The number of hydrogen-bond acceptors (Lipinski definition) is 1. The van der Waals surface area contributed by atoms with Gasteiger partial charge in [-0.25, -0.2) is 0 Å². The van der Waals surface area contributed by atoms with E-state index >= 15 is 0 Å². The molecule has 0 radical (unpaired) electrons. The molecule has 0 bridgehead atoms. The zero-order valence-corrected chi connectivity index (χ0v) is 11.8. The molecule has 0 fully saturated rings. The first-order valence-electron chi connectivity index (χ1n) is 4.96. The van der Waals surface area contributed by atoms with Crippen LogP contribution >= 0.6 is 34.2 Å². The highest BCUT2D eigenvalue weighted by Gasteiger charge is 2.27. The van der Waals surface area contributed by atoms with Crippen LogP contribution in [0.25, 0.3) is 0 Å². The minimum absolute atomic E-state index is 0.159. The number of ether oxygens (including phenoxy) is 1. The Hall–Kier alpha value is -0.170. The maximum absolute atomic E-state index is 12.2. The van der Waals surface area contributed by atoms with Gasteiger partial charge in [0.2, 0.25) is 0 Å². The second kappa shape index (κ2) is 6.68. The van der Waals surface area contributed by atoms with E-state index in [2.05, 4.69) is 22.6 Å². The fourth-order valence-corrected chi connectivity index (χ4v) is 1.72. The van der Waals surface area contributed by atoms with E-state index in [1.807, 2.05) is 0 Å². The molecule has 0 aromatic heterocycles. The summed E-state index contributed by atoms with van der Waals surface area (Å²) < 4.78 is 42.9. The van der Waals surface area contributed by atoms with Crippen LogP contribution in [0.5, 0.6) is 5.75 Å². The third-order valence-electron chi connectivity index (χ3n) is 1.94. The summed E-state index contributed by atoms with van der Waals surface area (Å²) in [5.74, 6) is 0.318. The Bertz CT molecular complexity index is 368. The van der Waals surface area contributed by atoms with Gasteiger partial charge in [0.25, 0.3) is 0 Å². The van der Waals surface area contributed by atoms with Gasteiger partial charge in [-0.05, 0) is 24.1 Å². The van der Waals surface area contributed by atoms with E-state index in [1.165, 1.54) is 18.2 Å². The van der Waals surface area contributed by atoms with Crippen LogP contribution < -0.4 is 4.74 Å². The van der Waals surface area contributed by atoms with Crippen molar-refractivity contribution in [3.63, 3.8) is 0 Å². The van der Waals surface area contributed by atoms with Crippen molar-refractivity contribution in [2.24, 2.45) is 0 Å². The minimum atomic E-state index is -4.21. The van der Waals surface area contributed by atoms with E-state index in [4.69, 9.17) is 16.3 Å². The van der Waals surface area contributed by atoms with E-state index in [9.17, 15) is 13.2 Å². The summed E-state index contributed by atoms with van der Waals surface area (Å²) in [6.45, 7) is 0.456. The Balaban J connectivity index is 2.72. The second-order valence-electron chi connectivity index (χ2n) is 3.45. The lowest BCUT2D eigenvalue weighted by atomic mass is 10.1. The van der Waals surface area contributed by atoms with Crippen LogP contribution in [0.1, 0.15) is 12.0 Å². The van der Waals surface area contributed by atoms with E-state index in [0.717, 1.165) is 10.8 Å². The molecular formula is C11H11ClF3IO. The highest BCUT2D eigenvalue weighted by atomic mass is 127. The minimum Gasteiger partial charge on any atom is -0.492 e. The fraction of sp³-hybridized carbons (Fsp3) is 0.455. The molecule has 0 atom stereocenters. The number of hydrogen-bond donors (Lipinski definition) is 0. The van der Waals surface area contributed by atoms with Gasteiger partial charge in [-0.1, -0.05) is 40.3 Å². The molecule has 6 heteroatoms. The lowest BCUT2D eigenvalue weighted by Crippen LogP contribution is -2.11. The van der Waals surface area contributed by atoms with Crippen LogP contribution in [0.4, 0.5) is 13.2 Å². The third kappa shape index (κ3) is 5.81. The summed E-state index contributed by atoms with van der Waals surface area (Å²) >= 11 is 8.04. The van der Waals surface area contributed by atoms with E-state index in [-0.39, 0.29) is 5.56 Å². The van der Waals surface area contributed by atoms with Gasteiger partial charge in [-0.2, -0.15) is 13.2 Å². The molecule has 0 aliphatic carbocycles. The van der Waals surface area contributed by atoms with Crippen LogP contribution in [0.2, 0.25) is 5.02 Å². The molecular weight excluding hydrogens is 367 g/mol. The molecule has 0 spiro atoms. The number of halogens is 5. The molecule has 1 rings (SSSR count). The summed E-state index contributed by atoms with van der Waals surface area (Å²) in [5, 5.41) is 0.337. The SMILES string of the molecule is FC(F)(F)Cc1ccc(Cl)c(OCCCI)c1. The maximum Gasteiger partial charge on any atom is 0.393 e. The quantitative estimate of drug-likeness (QED) is 0.412. The Morgan fingerprint density at radius 1 is 1.29 bits per heavy atom. The summed E-state index contributed by atoms with van der Waals surface area (Å²) in [6.07, 6.45) is -4.35. The van der Waals surface area contributed by atoms with Crippen LogP contribution in [0.15, 0.2) is 18.2 Å². The Morgan fingerprint density at radius 3 is 2.59 bits per heavy atom. The maximum atomic E-state index is 12.2. The van der Waals surface area contributed by atoms with Gasteiger partial charge < -0.3 is 4.74 Å². The smallest absolute Gasteiger partial charge is 0.393 e. The highest BCUT2D eigenvalue weighted by Crippen LogP contribution is 2.29. The molecule has 0 heterocycles. The average Bonchev–Trinajstić information content (AvgIpc) is 2.21. The Labute approximate surface area is 116 Å². The van der Waals surface area contributed by atoms with Crippen LogP contribution in [-0.4, -0.2) is 17.2 Å². The van der Waals surface area contributed by atoms with Gasteiger partial charge in [-0.15, -0.1) is 0 Å². The van der Waals surface area contributed by atoms with Crippen LogP contribution in [0.3, 0.4) is 0 Å². The van der Waals surface area contributed by atoms with Crippen molar-refractivity contribution in [1.29, 1.82) is 0 Å². The van der Waals surface area contributed by atoms with E-state index < -0.39 is 12.6 Å². The van der Waals surface area contributed by atoms with Gasteiger partial charge >= 0.3 is 6.18 Å². The summed E-state index contributed by atoms with van der Waals surface area (Å²) in [5.41, 5.74) is 0.159. The number of benzene rings is 1. The lowest BCUT2D eigenvalue weighted by molar-refractivity contribution is -0.127. The molecule has 0 N–H and O–H groups in total. The summed E-state index contributed by atoms with van der Waals surface area (Å²) in [4.78, 5) is 0. The fourth-order valence-electron chi connectivity index (χ4n) is 1.24. The standard InChI is InChI=1S/C11H11ClF3IO/c12-9-3-2-8(7-11(13,14)15)6-10(9)17-5-1-4-16/h2-3,6H,1,4-5,7H2. The van der Waals surface area contributed by atoms with Crippen molar-refractivity contribution in [3.8, 4) is 5.75 Å². The number of rotatable bonds is 5. The molecule has 17 heavy (non-hydrogen) atoms. The zero-order valence-electron chi connectivity index (χ0n) is 8.86. The molecule has 1 aromatic carbocycles. The van der Waals surface area contributed by atoms with Crippen molar-refractivity contribution < 1.29 is 17.9 Å². The predicted octanol–water partition coefficient (Wildman–Crippen LogP) is 4.65. The lowest BCUT2D eigenvalue weighted by Gasteiger charge is -2.11. The van der Waals surface area contributed by atoms with Crippen molar-refractivity contribution in [2.45, 2.75) is 19.0 Å². The summed E-state index contributed by atoms with van der Waals surface area (Å²) in [7, 11) is 0. The average molecular weight is 379 g/mol. The molecule has 0 unspecified atom stereocenters. The molecule has 0 amide bonds. The molecule has 0 aliphatic heterocycles. The summed E-state index contributed by atoms with van der Waals surface area (Å²) in [6, 6.07) is 4.14. The van der Waals surface area contributed by atoms with Crippen LogP contribution in [0, 0.1) is 0 Å². The second-order valence-corrected chi connectivity index (χ2v) is 4.93. The van der Waals surface area contributed by atoms with Gasteiger partial charge in [0.05, 0.1) is 18.1 Å². The van der Waals surface area contributed by atoms with Gasteiger partial charge in [-0.3, -0.25) is 0 Å². The van der Waals surface area contributed by atoms with Crippen molar-refractivity contribution in [3.05, 3.63) is 28.8 Å². The first-order valence-corrected chi connectivity index (χ1v) is 6.86. The first-order chi connectivity index (χ1) is 7.92. The molecule has 1 aromatic rings. The molecule has 1 nitrogen and oxygen atoms in total. The molecule has 0 saturated heterocycles. The molecule has 96 valence electrons. The Kier molecular flexibility index (Phi) is 5.85. The number of alkyl halides is 4. The molecule has 0 saturated carbocycles. The Morgan fingerprint density at radius 2 is 2.00 bits per heavy atom. The van der Waals surface area contributed by atoms with Gasteiger partial charge in [0.15, 0.2) is 0 Å². The largest absolute Gasteiger partial charge is 0.492 e. The highest BCUT2D eigenvalue weighted by molar-refractivity contribution is 14.1. The zero-order chi connectivity index (χ0) is 12.9. The van der Waals surface area contributed by atoms with E-state index in [0.29, 0.717) is 17.4 Å². The van der Waals surface area contributed by atoms with Crippen molar-refractivity contribution in [1.82, 2.24) is 0 Å². The normalized spacial score (nSPS) is 11.6. The van der Waals surface area contributed by atoms with Crippen molar-refractivity contribution >= 4 is 34.2 Å². The van der Waals surface area contributed by atoms with E-state index in [1.54, 1.807) is 0 Å². The predicted molar refractivity (Wildman–Crippen MR) is 70.2 cm³/mol. The van der Waals surface area contributed by atoms with Crippen molar-refractivity contribution in [2.75, 3.05) is 11.0 Å². The van der Waals surface area contributed by atoms with Crippen LogP contribution in [-0.2, 0) is 6.42 Å². The monoisotopic (exact) mass is 378 g/mol. The van der Waals surface area contributed by atoms with Gasteiger partial charge in [0.1, 0.15) is 5.75 Å². The van der Waals surface area contributed by atoms with Gasteiger partial charge in [0, 0.05) is 4.43 Å². The first kappa shape index (κ1) is 14.9. The third-order valence-corrected chi connectivity index (χ3v) is 3.01. The molecule has 0 aliphatic rings.